The van der Waals surface area contributed by atoms with E-state index in [-0.39, 0.29) is 17.4 Å². The van der Waals surface area contributed by atoms with Gasteiger partial charge in [-0.25, -0.2) is 4.98 Å². The number of hydrogen-bond donors (Lipinski definition) is 0. The molecule has 4 rings (SSSR count). The summed E-state index contributed by atoms with van der Waals surface area (Å²) in [5.74, 6) is 0.903. The van der Waals surface area contributed by atoms with Crippen LogP contribution in [0.5, 0.6) is 0 Å². The molecule has 3 heterocycles. The molecule has 0 saturated carbocycles. The number of likely N-dealkylation sites (tertiary alicyclic amines) is 1. The van der Waals surface area contributed by atoms with E-state index in [9.17, 15) is 9.59 Å². The number of nitrogens with zero attached hydrogens (tertiary/aromatic N) is 5. The van der Waals surface area contributed by atoms with Crippen LogP contribution >= 0.6 is 0 Å². The number of amides is 1. The van der Waals surface area contributed by atoms with Crippen molar-refractivity contribution >= 4 is 16.8 Å². The lowest BCUT2D eigenvalue weighted by molar-refractivity contribution is -0.132. The van der Waals surface area contributed by atoms with Crippen LogP contribution in [0.1, 0.15) is 37.4 Å². The van der Waals surface area contributed by atoms with Crippen molar-refractivity contribution in [2.24, 2.45) is 0 Å². The molecule has 8 nitrogen and oxygen atoms in total. The molecule has 0 spiro atoms. The lowest BCUT2D eigenvalue weighted by Gasteiger charge is -2.31. The molecule has 1 atom stereocenters. The molecule has 0 N–H and O–H groups in total. The van der Waals surface area contributed by atoms with Crippen LogP contribution in [0.2, 0.25) is 0 Å². The van der Waals surface area contributed by atoms with Gasteiger partial charge in [0.2, 0.25) is 12.3 Å². The maximum atomic E-state index is 12.6. The molecule has 0 radical (unpaired) electrons. The molecule has 1 fully saturated rings. The minimum absolute atomic E-state index is 0.0665. The molecule has 0 unspecified atom stereocenters. The molecule has 1 aliphatic heterocycles. The van der Waals surface area contributed by atoms with Crippen molar-refractivity contribution in [1.29, 1.82) is 0 Å². The third-order valence-corrected chi connectivity index (χ3v) is 5.04. The van der Waals surface area contributed by atoms with Gasteiger partial charge < -0.3 is 9.42 Å². The van der Waals surface area contributed by atoms with Gasteiger partial charge in [-0.3, -0.25) is 14.2 Å². The largest absolute Gasteiger partial charge is 0.343 e. The molecule has 8 heteroatoms. The van der Waals surface area contributed by atoms with Crippen LogP contribution in [0, 0.1) is 0 Å². The average molecular weight is 367 g/mol. The molecule has 1 aromatic carbocycles. The Balaban J connectivity index is 1.34. The summed E-state index contributed by atoms with van der Waals surface area (Å²) in [7, 11) is 0. The van der Waals surface area contributed by atoms with E-state index in [1.54, 1.807) is 17.0 Å². The third kappa shape index (κ3) is 3.74. The number of benzene rings is 1. The normalized spacial score (nSPS) is 17.3. The Hall–Kier alpha value is -3.03. The van der Waals surface area contributed by atoms with Gasteiger partial charge >= 0.3 is 0 Å². The Labute approximate surface area is 155 Å². The first kappa shape index (κ1) is 17.4. The molecule has 1 saturated heterocycles. The van der Waals surface area contributed by atoms with Crippen LogP contribution in [0.15, 0.2) is 46.3 Å². The zero-order valence-corrected chi connectivity index (χ0v) is 15.0. The quantitative estimate of drug-likeness (QED) is 0.684. The molecule has 3 aromatic rings. The number of aryl methyl sites for hydroxylation is 1. The second-order valence-electron chi connectivity index (χ2n) is 6.83. The number of carbonyl (C=O) groups is 1. The predicted molar refractivity (Wildman–Crippen MR) is 98.1 cm³/mol. The highest BCUT2D eigenvalue weighted by Crippen LogP contribution is 2.24. The highest BCUT2D eigenvalue weighted by Gasteiger charge is 2.26. The van der Waals surface area contributed by atoms with Gasteiger partial charge in [0.05, 0.1) is 17.2 Å². The molecule has 1 amide bonds. The summed E-state index contributed by atoms with van der Waals surface area (Å²) in [4.78, 5) is 35.3. The molecular weight excluding hydrogens is 346 g/mol. The van der Waals surface area contributed by atoms with Crippen molar-refractivity contribution in [2.45, 2.75) is 38.1 Å². The minimum atomic E-state index is -0.0665. The summed E-state index contributed by atoms with van der Waals surface area (Å²) in [6, 6.07) is 7.28. The van der Waals surface area contributed by atoms with E-state index in [4.69, 9.17) is 4.52 Å². The topological polar surface area (TPSA) is 94.1 Å². The molecule has 0 bridgehead atoms. The maximum Gasteiger partial charge on any atom is 0.261 e. The smallest absolute Gasteiger partial charge is 0.261 e. The highest BCUT2D eigenvalue weighted by molar-refractivity contribution is 5.77. The van der Waals surface area contributed by atoms with Crippen molar-refractivity contribution in [3.05, 3.63) is 53.2 Å². The molecule has 140 valence electrons. The van der Waals surface area contributed by atoms with E-state index in [0.29, 0.717) is 42.7 Å². The summed E-state index contributed by atoms with van der Waals surface area (Å²) < 4.78 is 6.39. The van der Waals surface area contributed by atoms with Crippen molar-refractivity contribution < 1.29 is 9.32 Å². The Kier molecular flexibility index (Phi) is 4.95. The number of carbonyl (C=O) groups excluding carboxylic acids is 1. The molecule has 1 aliphatic rings. The van der Waals surface area contributed by atoms with Gasteiger partial charge in [0.15, 0.2) is 5.82 Å². The summed E-state index contributed by atoms with van der Waals surface area (Å²) in [5.41, 5.74) is 0.624. The van der Waals surface area contributed by atoms with Crippen molar-refractivity contribution in [1.82, 2.24) is 24.6 Å². The van der Waals surface area contributed by atoms with Gasteiger partial charge in [-0.05, 0) is 31.4 Å². The van der Waals surface area contributed by atoms with Gasteiger partial charge in [0.1, 0.15) is 0 Å². The lowest BCUT2D eigenvalue weighted by Crippen LogP contribution is -2.39. The summed E-state index contributed by atoms with van der Waals surface area (Å²) in [6.45, 7) is 1.85. The first-order valence-electron chi connectivity index (χ1n) is 9.20. The minimum Gasteiger partial charge on any atom is -0.343 e. The lowest BCUT2D eigenvalue weighted by atomic mass is 9.97. The van der Waals surface area contributed by atoms with Crippen molar-refractivity contribution in [3.63, 3.8) is 0 Å². The Bertz CT molecular complexity index is 982. The zero-order chi connectivity index (χ0) is 18.6. The van der Waals surface area contributed by atoms with E-state index >= 15 is 0 Å². The number of para-hydroxylation sites is 1. The van der Waals surface area contributed by atoms with E-state index in [0.717, 1.165) is 19.4 Å². The van der Waals surface area contributed by atoms with Crippen LogP contribution in [0.3, 0.4) is 0 Å². The molecule has 27 heavy (non-hydrogen) atoms. The van der Waals surface area contributed by atoms with Gasteiger partial charge in [-0.1, -0.05) is 17.3 Å². The van der Waals surface area contributed by atoms with Crippen molar-refractivity contribution in [3.8, 4) is 0 Å². The van der Waals surface area contributed by atoms with Gasteiger partial charge in [0, 0.05) is 32.0 Å². The number of rotatable bonds is 5. The first-order valence-corrected chi connectivity index (χ1v) is 9.20. The van der Waals surface area contributed by atoms with Crippen LogP contribution < -0.4 is 5.56 Å². The number of piperidine rings is 1. The maximum absolute atomic E-state index is 12.6. The molecule has 0 aliphatic carbocycles. The highest BCUT2D eigenvalue weighted by atomic mass is 16.5. The monoisotopic (exact) mass is 367 g/mol. The average Bonchev–Trinajstić information content (AvgIpc) is 3.25. The van der Waals surface area contributed by atoms with E-state index in [1.807, 2.05) is 23.1 Å². The Morgan fingerprint density at radius 3 is 3.00 bits per heavy atom. The molecule has 2 aromatic heterocycles. The van der Waals surface area contributed by atoms with Crippen LogP contribution in [0.25, 0.3) is 10.9 Å². The summed E-state index contributed by atoms with van der Waals surface area (Å²) >= 11 is 0. The number of aromatic nitrogens is 4. The first-order chi connectivity index (χ1) is 13.2. The number of hydrogen-bond acceptors (Lipinski definition) is 6. The fourth-order valence-corrected chi connectivity index (χ4v) is 3.60. The van der Waals surface area contributed by atoms with E-state index in [1.165, 1.54) is 6.39 Å². The summed E-state index contributed by atoms with van der Waals surface area (Å²) in [6.07, 6.45) is 5.77. The van der Waals surface area contributed by atoms with Gasteiger partial charge in [0.25, 0.3) is 5.56 Å². The SMILES string of the molecule is O=C(CCCn1cnc2ccccc2c1=O)N1CCC[C@H](c2ncon2)C1. The van der Waals surface area contributed by atoms with E-state index < -0.39 is 0 Å². The van der Waals surface area contributed by atoms with Crippen LogP contribution in [-0.4, -0.2) is 43.6 Å². The molecular formula is C19H21N5O3. The summed E-state index contributed by atoms with van der Waals surface area (Å²) in [5, 5.41) is 4.50. The standard InChI is InChI=1S/C19H21N5O3/c25-17(23-9-3-5-14(11-23)18-21-13-27-22-18)8-4-10-24-12-20-16-7-2-1-6-15(16)19(24)26/h1-2,6-7,12-14H,3-5,8-11H2/t14-/m0/s1. The second-order valence-corrected chi connectivity index (χ2v) is 6.83. The fraction of sp³-hybridized carbons (Fsp3) is 0.421. The zero-order valence-electron chi connectivity index (χ0n) is 15.0. The van der Waals surface area contributed by atoms with Gasteiger partial charge in [-0.2, -0.15) is 4.98 Å². The van der Waals surface area contributed by atoms with Crippen molar-refractivity contribution in [2.75, 3.05) is 13.1 Å². The Morgan fingerprint density at radius 1 is 1.26 bits per heavy atom. The third-order valence-electron chi connectivity index (χ3n) is 5.04. The van der Waals surface area contributed by atoms with Crippen LogP contribution in [-0.2, 0) is 11.3 Å². The predicted octanol–water partition coefficient (Wildman–Crippen LogP) is 1.97. The fourth-order valence-electron chi connectivity index (χ4n) is 3.60. The van der Waals surface area contributed by atoms with E-state index in [2.05, 4.69) is 15.1 Å². The Morgan fingerprint density at radius 2 is 2.15 bits per heavy atom. The number of fused-ring (bicyclic) bond motifs is 1. The second kappa shape index (κ2) is 7.69. The van der Waals surface area contributed by atoms with Crippen LogP contribution in [0.4, 0.5) is 0 Å². The van der Waals surface area contributed by atoms with Gasteiger partial charge in [-0.15, -0.1) is 0 Å².